The molecule has 6 rings (SSSR count). The number of hydrogen-bond acceptors (Lipinski definition) is 5. The summed E-state index contributed by atoms with van der Waals surface area (Å²) in [4.78, 5) is 28.8. The Bertz CT molecular complexity index is 1310. The molecule has 1 aromatic carbocycles. The van der Waals surface area contributed by atoms with Crippen LogP contribution in [0.5, 0.6) is 0 Å². The second kappa shape index (κ2) is 7.12. The van der Waals surface area contributed by atoms with Gasteiger partial charge < -0.3 is 10.2 Å². The second-order valence-electron chi connectivity index (χ2n) is 8.64. The van der Waals surface area contributed by atoms with Crippen molar-refractivity contribution in [1.29, 1.82) is 0 Å². The first-order valence-electron chi connectivity index (χ1n) is 10.9. The molecule has 32 heavy (non-hydrogen) atoms. The van der Waals surface area contributed by atoms with E-state index < -0.39 is 5.54 Å². The van der Waals surface area contributed by atoms with Gasteiger partial charge in [-0.1, -0.05) is 6.07 Å². The van der Waals surface area contributed by atoms with Gasteiger partial charge in [-0.3, -0.25) is 0 Å². The molecule has 160 valence electrons. The number of rotatable bonds is 3. The van der Waals surface area contributed by atoms with E-state index in [1.807, 2.05) is 54.4 Å². The van der Waals surface area contributed by atoms with Gasteiger partial charge in [-0.15, -0.1) is 5.10 Å². The summed E-state index contributed by atoms with van der Waals surface area (Å²) in [5.74, 6) is 1.36. The first-order valence-corrected chi connectivity index (χ1v) is 10.9. The molecule has 0 spiro atoms. The summed E-state index contributed by atoms with van der Waals surface area (Å²) in [6, 6.07) is 11.7. The van der Waals surface area contributed by atoms with E-state index in [-0.39, 0.29) is 12.1 Å². The zero-order valence-electron chi connectivity index (χ0n) is 17.8. The molecule has 3 aromatic heterocycles. The number of carbonyl (C=O) groups is 1. The van der Waals surface area contributed by atoms with Gasteiger partial charge in [-0.25, -0.2) is 24.3 Å². The van der Waals surface area contributed by atoms with Crippen molar-refractivity contribution in [3.05, 3.63) is 72.6 Å². The number of aromatic nitrogens is 5. The quantitative estimate of drug-likeness (QED) is 0.532. The molecule has 2 unspecified atom stereocenters. The van der Waals surface area contributed by atoms with Crippen molar-refractivity contribution in [1.82, 2.24) is 29.5 Å². The second-order valence-corrected chi connectivity index (χ2v) is 8.64. The number of benzene rings is 1. The lowest BCUT2D eigenvalue weighted by Gasteiger charge is -2.60. The van der Waals surface area contributed by atoms with Gasteiger partial charge in [0, 0.05) is 35.9 Å². The first kappa shape index (κ1) is 18.9. The molecule has 2 saturated heterocycles. The van der Waals surface area contributed by atoms with Crippen LogP contribution < -0.4 is 5.32 Å². The first-order chi connectivity index (χ1) is 15.6. The predicted molar refractivity (Wildman–Crippen MR) is 120 cm³/mol. The normalized spacial score (nSPS) is 21.9. The van der Waals surface area contributed by atoms with Gasteiger partial charge in [-0.2, -0.15) is 0 Å². The Morgan fingerprint density at radius 2 is 2.03 bits per heavy atom. The Hall–Kier alpha value is -3.81. The molecule has 2 amide bonds. The van der Waals surface area contributed by atoms with Gasteiger partial charge in [0.25, 0.3) is 0 Å². The van der Waals surface area contributed by atoms with Crippen LogP contribution in [-0.4, -0.2) is 41.5 Å². The number of nitrogens with one attached hydrogen (secondary N) is 1. The number of anilines is 1. The van der Waals surface area contributed by atoms with Crippen molar-refractivity contribution in [2.24, 2.45) is 0 Å². The van der Waals surface area contributed by atoms with Crippen LogP contribution in [0.1, 0.15) is 37.1 Å². The highest BCUT2D eigenvalue weighted by Crippen LogP contribution is 2.53. The molecular weight excluding hydrogens is 402 g/mol. The Balaban J connectivity index is 1.30. The van der Waals surface area contributed by atoms with E-state index in [0.717, 1.165) is 53.8 Å². The highest BCUT2D eigenvalue weighted by molar-refractivity contribution is 5.92. The number of urea groups is 1. The monoisotopic (exact) mass is 425 g/mol. The number of amides is 2. The van der Waals surface area contributed by atoms with Crippen molar-refractivity contribution in [2.75, 3.05) is 5.32 Å². The van der Waals surface area contributed by atoms with Gasteiger partial charge in [0.05, 0.1) is 11.7 Å². The lowest BCUT2D eigenvalue weighted by molar-refractivity contribution is -0.0808. The van der Waals surface area contributed by atoms with E-state index in [1.54, 1.807) is 23.1 Å². The summed E-state index contributed by atoms with van der Waals surface area (Å²) in [6.45, 7) is 2.02. The summed E-state index contributed by atoms with van der Waals surface area (Å²) in [7, 11) is 0. The van der Waals surface area contributed by atoms with E-state index in [2.05, 4.69) is 25.4 Å². The highest BCUT2D eigenvalue weighted by Gasteiger charge is 2.59. The fourth-order valence-electron chi connectivity index (χ4n) is 5.19. The van der Waals surface area contributed by atoms with Crippen molar-refractivity contribution in [3.8, 4) is 11.4 Å². The minimum atomic E-state index is -0.398. The average Bonchev–Trinajstić information content (AvgIpc) is 3.29. The Labute approximate surface area is 185 Å². The molecule has 2 bridgehead atoms. The number of piperidine rings is 1. The Morgan fingerprint density at radius 1 is 1.16 bits per heavy atom. The van der Waals surface area contributed by atoms with Gasteiger partial charge in [0.15, 0.2) is 11.6 Å². The van der Waals surface area contributed by atoms with Gasteiger partial charge in [-0.05, 0) is 68.5 Å². The van der Waals surface area contributed by atoms with E-state index in [1.165, 1.54) is 0 Å². The number of carbonyl (C=O) groups excluding carboxylic acids is 1. The average molecular weight is 425 g/mol. The summed E-state index contributed by atoms with van der Waals surface area (Å²) in [6.07, 6.45) is 11.1. The van der Waals surface area contributed by atoms with Crippen LogP contribution in [0.25, 0.3) is 16.9 Å². The van der Waals surface area contributed by atoms with Crippen molar-refractivity contribution < 1.29 is 4.79 Å². The largest absolute Gasteiger partial charge is 0.322 e. The van der Waals surface area contributed by atoms with Crippen molar-refractivity contribution in [2.45, 2.75) is 44.2 Å². The SMILES string of the molecule is Cc1ccc(NC(=O)N2C3CCCC2(c2ncccn2)C3)cc1-c1ncc2cccn2n1. The maximum absolute atomic E-state index is 13.4. The van der Waals surface area contributed by atoms with Crippen LogP contribution in [0, 0.1) is 6.92 Å². The number of fused-ring (bicyclic) bond motifs is 3. The predicted octanol–water partition coefficient (Wildman–Crippen LogP) is 4.18. The van der Waals surface area contributed by atoms with Crippen molar-refractivity contribution in [3.63, 3.8) is 0 Å². The highest BCUT2D eigenvalue weighted by atomic mass is 16.2. The number of hydrogen-bond donors (Lipinski definition) is 1. The third-order valence-electron chi connectivity index (χ3n) is 6.74. The molecule has 1 N–H and O–H groups in total. The van der Waals surface area contributed by atoms with E-state index in [0.29, 0.717) is 5.82 Å². The molecule has 5 heterocycles. The lowest BCUT2D eigenvalue weighted by Crippen LogP contribution is -2.69. The molecule has 8 nitrogen and oxygen atoms in total. The summed E-state index contributed by atoms with van der Waals surface area (Å²) in [5.41, 5.74) is 3.20. The molecule has 0 aliphatic carbocycles. The van der Waals surface area contributed by atoms with Crippen LogP contribution in [-0.2, 0) is 5.54 Å². The zero-order valence-corrected chi connectivity index (χ0v) is 17.8. The van der Waals surface area contributed by atoms with Gasteiger partial charge >= 0.3 is 6.03 Å². The Kier molecular flexibility index (Phi) is 4.21. The zero-order chi connectivity index (χ0) is 21.7. The standard InChI is InChI=1S/C24H23N7O/c1-16-7-8-17(13-20(16)21-27-15-19-6-3-12-30(19)29-21)28-23(32)31-18-5-2-9-24(31,14-18)22-25-10-4-11-26-22/h3-4,6-8,10-13,15,18H,2,5,9,14H2,1H3,(H,28,32). The minimum Gasteiger partial charge on any atom is -0.308 e. The molecule has 0 saturated carbocycles. The molecule has 0 radical (unpaired) electrons. The van der Waals surface area contributed by atoms with Crippen molar-refractivity contribution >= 4 is 17.2 Å². The molecule has 8 heteroatoms. The third-order valence-corrected chi connectivity index (χ3v) is 6.74. The Morgan fingerprint density at radius 3 is 2.88 bits per heavy atom. The van der Waals surface area contributed by atoms with Crippen LogP contribution in [0.2, 0.25) is 0 Å². The number of aryl methyl sites for hydroxylation is 1. The van der Waals surface area contributed by atoms with E-state index >= 15 is 0 Å². The fourth-order valence-corrected chi connectivity index (χ4v) is 5.19. The van der Waals surface area contributed by atoms with Crippen LogP contribution in [0.3, 0.4) is 0 Å². The van der Waals surface area contributed by atoms with Crippen LogP contribution >= 0.6 is 0 Å². The van der Waals surface area contributed by atoms with E-state index in [9.17, 15) is 4.79 Å². The maximum Gasteiger partial charge on any atom is 0.322 e. The van der Waals surface area contributed by atoms with Gasteiger partial charge in [0.2, 0.25) is 0 Å². The van der Waals surface area contributed by atoms with Crippen LogP contribution in [0.15, 0.2) is 61.2 Å². The summed E-state index contributed by atoms with van der Waals surface area (Å²) in [5, 5.41) is 7.72. The molecular formula is C24H23N7O. The molecule has 2 fully saturated rings. The minimum absolute atomic E-state index is 0.106. The lowest BCUT2D eigenvalue weighted by atomic mass is 9.67. The topological polar surface area (TPSA) is 88.3 Å². The molecule has 2 atom stereocenters. The molecule has 4 aromatic rings. The van der Waals surface area contributed by atoms with Gasteiger partial charge in [0.1, 0.15) is 5.54 Å². The fraction of sp³-hybridized carbons (Fsp3) is 0.292. The smallest absolute Gasteiger partial charge is 0.308 e. The molecule has 2 aliphatic rings. The summed E-state index contributed by atoms with van der Waals surface area (Å²) >= 11 is 0. The van der Waals surface area contributed by atoms with Crippen LogP contribution in [0.4, 0.5) is 10.5 Å². The third kappa shape index (κ3) is 2.86. The molecule has 2 aliphatic heterocycles. The summed E-state index contributed by atoms with van der Waals surface area (Å²) < 4.78 is 1.80. The number of nitrogens with zero attached hydrogens (tertiary/aromatic N) is 6. The van der Waals surface area contributed by atoms with E-state index in [4.69, 9.17) is 0 Å². The maximum atomic E-state index is 13.4.